The Labute approximate surface area is 167 Å². The van der Waals surface area contributed by atoms with Crippen molar-refractivity contribution in [3.63, 3.8) is 0 Å². The lowest BCUT2D eigenvalue weighted by molar-refractivity contribution is -0.195. The fourth-order valence-corrected chi connectivity index (χ4v) is 3.97. The third-order valence-corrected chi connectivity index (χ3v) is 5.49. The van der Waals surface area contributed by atoms with Crippen LogP contribution in [0.2, 0.25) is 0 Å². The Bertz CT molecular complexity index is 768. The summed E-state index contributed by atoms with van der Waals surface area (Å²) in [6.45, 7) is 6.31. The van der Waals surface area contributed by atoms with Gasteiger partial charge in [0.2, 0.25) is 0 Å². The van der Waals surface area contributed by atoms with Crippen molar-refractivity contribution < 1.29 is 19.0 Å². The van der Waals surface area contributed by atoms with Gasteiger partial charge in [0, 0.05) is 5.56 Å². The molecule has 4 nitrogen and oxygen atoms in total. The van der Waals surface area contributed by atoms with Crippen molar-refractivity contribution in [1.82, 2.24) is 0 Å². The minimum Gasteiger partial charge on any atom is -0.469 e. The van der Waals surface area contributed by atoms with Crippen molar-refractivity contribution in [2.45, 2.75) is 64.4 Å². The van der Waals surface area contributed by atoms with Crippen molar-refractivity contribution in [3.05, 3.63) is 70.8 Å². The summed E-state index contributed by atoms with van der Waals surface area (Å²) in [5, 5.41) is 0. The second kappa shape index (κ2) is 9.35. The molecule has 150 valence electrons. The Morgan fingerprint density at radius 3 is 1.93 bits per heavy atom. The zero-order chi connectivity index (χ0) is 20.1. The molecule has 4 heteroatoms. The molecule has 0 spiro atoms. The molecule has 2 aromatic carbocycles. The smallest absolute Gasteiger partial charge is 0.306 e. The molecule has 0 aliphatic carbocycles. The zero-order valence-corrected chi connectivity index (χ0v) is 17.2. The standard InChI is InChI=1S/C24H30O4/c1-5-21-18-12-8-9-13-19(18)22(6-2)28-24(27-21)20-14-10-7-11-17(20)16(3)15-23(25)26-4/h7-14,16,21-22,24H,5-6,15H2,1-4H3/t16?,21-,22-/m0/s1. The summed E-state index contributed by atoms with van der Waals surface area (Å²) in [4.78, 5) is 11.8. The van der Waals surface area contributed by atoms with Crippen LogP contribution in [0, 0.1) is 0 Å². The molecule has 0 saturated carbocycles. The van der Waals surface area contributed by atoms with Gasteiger partial charge in [0.15, 0.2) is 6.29 Å². The molecule has 3 atom stereocenters. The topological polar surface area (TPSA) is 44.8 Å². The third kappa shape index (κ3) is 4.29. The van der Waals surface area contributed by atoms with Crippen molar-refractivity contribution in [3.8, 4) is 0 Å². The lowest BCUT2D eigenvalue weighted by Gasteiger charge is -2.26. The Balaban J connectivity index is 1.97. The van der Waals surface area contributed by atoms with E-state index in [1.54, 1.807) is 0 Å². The van der Waals surface area contributed by atoms with E-state index in [2.05, 4.69) is 44.2 Å². The number of carbonyl (C=O) groups is 1. The normalized spacial score (nSPS) is 20.9. The van der Waals surface area contributed by atoms with Crippen LogP contribution in [0.1, 0.15) is 86.7 Å². The molecule has 3 rings (SSSR count). The molecule has 0 amide bonds. The van der Waals surface area contributed by atoms with Gasteiger partial charge in [-0.1, -0.05) is 69.3 Å². The van der Waals surface area contributed by atoms with Gasteiger partial charge in [-0.2, -0.15) is 0 Å². The van der Waals surface area contributed by atoms with Crippen LogP contribution in [0.5, 0.6) is 0 Å². The summed E-state index contributed by atoms with van der Waals surface area (Å²) in [7, 11) is 1.42. The Morgan fingerprint density at radius 2 is 1.43 bits per heavy atom. The van der Waals surface area contributed by atoms with Gasteiger partial charge in [-0.05, 0) is 35.4 Å². The first-order valence-corrected chi connectivity index (χ1v) is 10.1. The molecule has 1 unspecified atom stereocenters. The van der Waals surface area contributed by atoms with Gasteiger partial charge < -0.3 is 14.2 Å². The number of benzene rings is 2. The molecule has 1 heterocycles. The average molecular weight is 383 g/mol. The number of methoxy groups -OCH3 is 1. The van der Waals surface area contributed by atoms with Gasteiger partial charge in [-0.15, -0.1) is 0 Å². The highest BCUT2D eigenvalue weighted by Gasteiger charge is 2.32. The van der Waals surface area contributed by atoms with E-state index >= 15 is 0 Å². The minimum atomic E-state index is -0.474. The molecule has 0 saturated heterocycles. The Kier molecular flexibility index (Phi) is 6.87. The molecule has 1 aliphatic heterocycles. The summed E-state index contributed by atoms with van der Waals surface area (Å²) in [5.74, 6) is -0.197. The third-order valence-electron chi connectivity index (χ3n) is 5.49. The van der Waals surface area contributed by atoms with Gasteiger partial charge in [0.25, 0.3) is 0 Å². The molecular formula is C24H30O4. The number of rotatable bonds is 6. The summed E-state index contributed by atoms with van der Waals surface area (Å²) in [6.07, 6.45) is 1.54. The van der Waals surface area contributed by atoms with E-state index in [-0.39, 0.29) is 24.1 Å². The monoisotopic (exact) mass is 382 g/mol. The maximum atomic E-state index is 11.8. The minimum absolute atomic E-state index is 0.0154. The highest BCUT2D eigenvalue weighted by molar-refractivity contribution is 5.70. The molecule has 2 aromatic rings. The molecule has 0 aromatic heterocycles. The van der Waals surface area contributed by atoms with E-state index in [0.717, 1.165) is 24.0 Å². The number of fused-ring (bicyclic) bond motifs is 1. The van der Waals surface area contributed by atoms with Crippen LogP contribution in [0.15, 0.2) is 48.5 Å². The van der Waals surface area contributed by atoms with Gasteiger partial charge >= 0.3 is 5.97 Å². The molecule has 0 radical (unpaired) electrons. The number of ether oxygens (including phenoxy) is 3. The Morgan fingerprint density at radius 1 is 0.929 bits per heavy atom. The quantitative estimate of drug-likeness (QED) is 0.575. The average Bonchev–Trinajstić information content (AvgIpc) is 2.90. The summed E-state index contributed by atoms with van der Waals surface area (Å²) >= 11 is 0. The lowest BCUT2D eigenvalue weighted by atomic mass is 9.92. The van der Waals surface area contributed by atoms with E-state index < -0.39 is 6.29 Å². The zero-order valence-electron chi connectivity index (χ0n) is 17.2. The van der Waals surface area contributed by atoms with Crippen molar-refractivity contribution >= 4 is 5.97 Å². The summed E-state index contributed by atoms with van der Waals surface area (Å²) < 4.78 is 17.8. The number of hydrogen-bond donors (Lipinski definition) is 0. The van der Waals surface area contributed by atoms with Crippen molar-refractivity contribution in [1.29, 1.82) is 0 Å². The van der Waals surface area contributed by atoms with E-state index in [4.69, 9.17) is 14.2 Å². The highest BCUT2D eigenvalue weighted by Crippen LogP contribution is 2.43. The highest BCUT2D eigenvalue weighted by atomic mass is 16.7. The number of carbonyl (C=O) groups excluding carboxylic acids is 1. The number of hydrogen-bond acceptors (Lipinski definition) is 4. The lowest BCUT2D eigenvalue weighted by Crippen LogP contribution is -2.15. The molecule has 1 aliphatic rings. The predicted molar refractivity (Wildman–Crippen MR) is 109 cm³/mol. The SMILES string of the molecule is CC[C@@H]1OC(c2ccccc2C(C)CC(=O)OC)O[C@@H](CC)c2ccccc21. The summed E-state index contributed by atoms with van der Waals surface area (Å²) in [5.41, 5.74) is 4.47. The fraction of sp³-hybridized carbons (Fsp3) is 0.458. The van der Waals surface area contributed by atoms with Gasteiger partial charge in [-0.3, -0.25) is 4.79 Å². The second-order valence-electron chi connectivity index (χ2n) is 7.34. The molecule has 0 fully saturated rings. The molecule has 0 N–H and O–H groups in total. The van der Waals surface area contributed by atoms with Crippen molar-refractivity contribution in [2.75, 3.05) is 7.11 Å². The van der Waals surface area contributed by atoms with Crippen molar-refractivity contribution in [2.24, 2.45) is 0 Å². The maximum Gasteiger partial charge on any atom is 0.306 e. The van der Waals surface area contributed by atoms with Crippen LogP contribution in [0.25, 0.3) is 0 Å². The van der Waals surface area contributed by atoms with Gasteiger partial charge in [0.1, 0.15) is 0 Å². The summed E-state index contributed by atoms with van der Waals surface area (Å²) in [6, 6.07) is 16.5. The van der Waals surface area contributed by atoms with Gasteiger partial charge in [0.05, 0.1) is 25.7 Å². The van der Waals surface area contributed by atoms with Crippen LogP contribution >= 0.6 is 0 Å². The van der Waals surface area contributed by atoms with E-state index in [0.29, 0.717) is 6.42 Å². The molecule has 0 bridgehead atoms. The maximum absolute atomic E-state index is 11.8. The molecular weight excluding hydrogens is 352 g/mol. The van der Waals surface area contributed by atoms with Crippen LogP contribution in [-0.4, -0.2) is 13.1 Å². The first kappa shape index (κ1) is 20.6. The first-order valence-electron chi connectivity index (χ1n) is 10.1. The van der Waals surface area contributed by atoms with Crippen LogP contribution in [0.4, 0.5) is 0 Å². The van der Waals surface area contributed by atoms with E-state index in [1.165, 1.54) is 18.2 Å². The van der Waals surface area contributed by atoms with Crippen LogP contribution in [0.3, 0.4) is 0 Å². The fourth-order valence-electron chi connectivity index (χ4n) is 3.97. The van der Waals surface area contributed by atoms with Crippen LogP contribution < -0.4 is 0 Å². The first-order chi connectivity index (χ1) is 13.6. The number of esters is 1. The molecule has 28 heavy (non-hydrogen) atoms. The largest absolute Gasteiger partial charge is 0.469 e. The van der Waals surface area contributed by atoms with E-state index in [1.807, 2.05) is 25.1 Å². The van der Waals surface area contributed by atoms with Gasteiger partial charge in [-0.25, -0.2) is 0 Å². The van der Waals surface area contributed by atoms with E-state index in [9.17, 15) is 4.79 Å². The second-order valence-corrected chi connectivity index (χ2v) is 7.34. The predicted octanol–water partition coefficient (Wildman–Crippen LogP) is 6.00. The Hall–Kier alpha value is -2.17. The van der Waals surface area contributed by atoms with Crippen LogP contribution in [-0.2, 0) is 19.0 Å².